The van der Waals surface area contributed by atoms with Gasteiger partial charge in [0.25, 0.3) is 5.78 Å². The number of amides is 1. The first kappa shape index (κ1) is 24.9. The second kappa shape index (κ2) is 10.2. The van der Waals surface area contributed by atoms with Crippen molar-refractivity contribution in [2.75, 3.05) is 25.7 Å². The number of nitrogens with zero attached hydrogens (tertiary/aromatic N) is 2. The van der Waals surface area contributed by atoms with E-state index in [2.05, 4.69) is 4.98 Å². The Bertz CT molecular complexity index is 1360. The van der Waals surface area contributed by atoms with Crippen LogP contribution >= 0.6 is 11.3 Å². The van der Waals surface area contributed by atoms with E-state index in [0.29, 0.717) is 28.3 Å². The number of aliphatic hydroxyl groups is 1. The number of aliphatic hydroxyl groups excluding tert-OH is 1. The predicted molar refractivity (Wildman–Crippen MR) is 134 cm³/mol. The van der Waals surface area contributed by atoms with E-state index in [0.717, 1.165) is 11.3 Å². The first-order valence-electron chi connectivity index (χ1n) is 11.0. The molecule has 1 saturated heterocycles. The van der Waals surface area contributed by atoms with Crippen molar-refractivity contribution in [2.24, 2.45) is 0 Å². The summed E-state index contributed by atoms with van der Waals surface area (Å²) in [5.74, 6) is -1.71. The number of Topliss-reactive ketones (excluding diaryl/α,β-unsaturated/α-hetero) is 1. The lowest BCUT2D eigenvalue weighted by molar-refractivity contribution is -0.132. The summed E-state index contributed by atoms with van der Waals surface area (Å²) in [6, 6.07) is 12.3. The molecule has 186 valence electrons. The number of esters is 1. The van der Waals surface area contributed by atoms with E-state index < -0.39 is 23.7 Å². The first-order chi connectivity index (χ1) is 17.3. The quantitative estimate of drug-likeness (QED) is 0.218. The van der Waals surface area contributed by atoms with Crippen LogP contribution in [0.1, 0.15) is 39.5 Å². The number of rotatable bonds is 7. The summed E-state index contributed by atoms with van der Waals surface area (Å²) in [5.41, 5.74) is 1.04. The van der Waals surface area contributed by atoms with Crippen LogP contribution in [0.15, 0.2) is 54.1 Å². The molecule has 0 radical (unpaired) electrons. The summed E-state index contributed by atoms with van der Waals surface area (Å²) in [6.07, 6.45) is 0. The van der Waals surface area contributed by atoms with Crippen LogP contribution in [-0.2, 0) is 14.3 Å². The Morgan fingerprint density at radius 2 is 1.78 bits per heavy atom. The van der Waals surface area contributed by atoms with Gasteiger partial charge in [-0.2, -0.15) is 0 Å². The van der Waals surface area contributed by atoms with Gasteiger partial charge in [-0.3, -0.25) is 14.5 Å². The molecular formula is C26H24N2O7S. The fourth-order valence-corrected chi connectivity index (χ4v) is 4.98. The molecule has 3 aromatic rings. The minimum atomic E-state index is -1.05. The maximum Gasteiger partial charge on any atom is 0.350 e. The van der Waals surface area contributed by atoms with Gasteiger partial charge in [-0.15, -0.1) is 0 Å². The second-order valence-corrected chi connectivity index (χ2v) is 8.75. The molecule has 1 amide bonds. The van der Waals surface area contributed by atoms with Crippen LogP contribution in [0.5, 0.6) is 11.5 Å². The van der Waals surface area contributed by atoms with Gasteiger partial charge in [0.1, 0.15) is 28.2 Å². The van der Waals surface area contributed by atoms with E-state index in [-0.39, 0.29) is 27.9 Å². The van der Waals surface area contributed by atoms with Crippen molar-refractivity contribution in [1.82, 2.24) is 4.98 Å². The molecule has 36 heavy (non-hydrogen) atoms. The zero-order valence-electron chi connectivity index (χ0n) is 20.1. The van der Waals surface area contributed by atoms with E-state index >= 15 is 0 Å². The van der Waals surface area contributed by atoms with Gasteiger partial charge in [-0.05, 0) is 44.2 Å². The molecule has 1 atom stereocenters. The van der Waals surface area contributed by atoms with Gasteiger partial charge in [-0.25, -0.2) is 9.78 Å². The average molecular weight is 509 g/mol. The molecule has 1 aliphatic heterocycles. The monoisotopic (exact) mass is 508 g/mol. The molecule has 10 heteroatoms. The smallest absolute Gasteiger partial charge is 0.350 e. The number of methoxy groups -OCH3 is 2. The molecule has 1 aromatic heterocycles. The standard InChI is InChI=1S/C26H24N2O7S/c1-5-35-25(32)23-14(2)27-26(36-23)28-20(17-8-6-7-9-18(17)34-4)19(22(30)24(28)31)21(29)15-10-12-16(33-3)13-11-15/h6-13,20,29H,5H2,1-4H3/b21-19+/t20-/m0/s1. The van der Waals surface area contributed by atoms with Gasteiger partial charge >= 0.3 is 11.9 Å². The predicted octanol–water partition coefficient (Wildman–Crippen LogP) is 4.27. The molecule has 0 saturated carbocycles. The summed E-state index contributed by atoms with van der Waals surface area (Å²) in [6.45, 7) is 3.49. The minimum Gasteiger partial charge on any atom is -0.507 e. The summed E-state index contributed by atoms with van der Waals surface area (Å²) >= 11 is 0.943. The van der Waals surface area contributed by atoms with Crippen LogP contribution in [0.25, 0.3) is 5.76 Å². The van der Waals surface area contributed by atoms with Gasteiger partial charge in [-0.1, -0.05) is 29.5 Å². The molecule has 0 spiro atoms. The normalized spacial score (nSPS) is 16.8. The zero-order chi connectivity index (χ0) is 26.0. The largest absolute Gasteiger partial charge is 0.507 e. The topological polar surface area (TPSA) is 115 Å². The molecule has 0 unspecified atom stereocenters. The van der Waals surface area contributed by atoms with Crippen LogP contribution in [0.3, 0.4) is 0 Å². The summed E-state index contributed by atoms with van der Waals surface area (Å²) in [7, 11) is 2.99. The lowest BCUT2D eigenvalue weighted by atomic mass is 9.94. The van der Waals surface area contributed by atoms with Crippen LogP contribution in [0.4, 0.5) is 5.13 Å². The van der Waals surface area contributed by atoms with Crippen molar-refractivity contribution in [3.63, 3.8) is 0 Å². The molecule has 2 heterocycles. The molecular weight excluding hydrogens is 484 g/mol. The number of ether oxygens (including phenoxy) is 3. The SMILES string of the molecule is CCOC(=O)c1sc(N2C(=O)C(=O)/C(=C(/O)c3ccc(OC)cc3)[C@@H]2c2ccccc2OC)nc1C. The number of anilines is 1. The number of para-hydroxylation sites is 1. The molecule has 0 aliphatic carbocycles. The fraction of sp³-hybridized carbons (Fsp3) is 0.231. The Hall–Kier alpha value is -4.18. The van der Waals surface area contributed by atoms with E-state index in [9.17, 15) is 19.5 Å². The van der Waals surface area contributed by atoms with Crippen LogP contribution < -0.4 is 14.4 Å². The Morgan fingerprint density at radius 1 is 1.08 bits per heavy atom. The zero-order valence-corrected chi connectivity index (χ0v) is 20.9. The van der Waals surface area contributed by atoms with Crippen molar-refractivity contribution < 1.29 is 33.7 Å². The highest BCUT2D eigenvalue weighted by molar-refractivity contribution is 7.17. The molecule has 1 fully saturated rings. The lowest BCUT2D eigenvalue weighted by Crippen LogP contribution is -2.29. The number of aromatic nitrogens is 1. The third-order valence-electron chi connectivity index (χ3n) is 5.69. The van der Waals surface area contributed by atoms with E-state index in [1.165, 1.54) is 19.1 Å². The number of thiazole rings is 1. The molecule has 1 aliphatic rings. The minimum absolute atomic E-state index is 0.125. The Balaban J connectivity index is 1.93. The summed E-state index contributed by atoms with van der Waals surface area (Å²) in [4.78, 5) is 44.9. The van der Waals surface area contributed by atoms with Gasteiger partial charge in [0.05, 0.1) is 32.1 Å². The number of benzene rings is 2. The third-order valence-corrected chi connectivity index (χ3v) is 6.83. The van der Waals surface area contributed by atoms with E-state index in [1.54, 1.807) is 62.4 Å². The summed E-state index contributed by atoms with van der Waals surface area (Å²) in [5, 5.41) is 11.4. The van der Waals surface area contributed by atoms with Gasteiger partial charge < -0.3 is 19.3 Å². The second-order valence-electron chi connectivity index (χ2n) is 7.77. The molecule has 1 N–H and O–H groups in total. The van der Waals surface area contributed by atoms with Crippen molar-refractivity contribution in [1.29, 1.82) is 0 Å². The van der Waals surface area contributed by atoms with Gasteiger partial charge in [0.15, 0.2) is 5.13 Å². The Kier molecular flexibility index (Phi) is 7.07. The Morgan fingerprint density at radius 3 is 2.42 bits per heavy atom. The number of carbonyl (C=O) groups excluding carboxylic acids is 3. The molecule has 0 bridgehead atoms. The average Bonchev–Trinajstić information content (AvgIpc) is 3.40. The van der Waals surface area contributed by atoms with Crippen LogP contribution in [0, 0.1) is 6.92 Å². The van der Waals surface area contributed by atoms with Crippen molar-refractivity contribution in [3.8, 4) is 11.5 Å². The van der Waals surface area contributed by atoms with E-state index in [4.69, 9.17) is 14.2 Å². The highest BCUT2D eigenvalue weighted by Gasteiger charge is 2.49. The fourth-order valence-electron chi connectivity index (χ4n) is 3.99. The number of hydrogen-bond acceptors (Lipinski definition) is 9. The van der Waals surface area contributed by atoms with Crippen molar-refractivity contribution in [3.05, 3.63) is 75.8 Å². The van der Waals surface area contributed by atoms with Gasteiger partial charge in [0.2, 0.25) is 0 Å². The van der Waals surface area contributed by atoms with Gasteiger partial charge in [0, 0.05) is 11.1 Å². The van der Waals surface area contributed by atoms with Crippen LogP contribution in [0.2, 0.25) is 0 Å². The van der Waals surface area contributed by atoms with E-state index in [1.807, 2.05) is 0 Å². The maximum absolute atomic E-state index is 13.4. The maximum atomic E-state index is 13.4. The Labute approximate surface area is 211 Å². The lowest BCUT2D eigenvalue weighted by Gasteiger charge is -2.24. The molecule has 9 nitrogen and oxygen atoms in total. The molecule has 4 rings (SSSR count). The van der Waals surface area contributed by atoms with Crippen molar-refractivity contribution >= 4 is 39.9 Å². The highest BCUT2D eigenvalue weighted by atomic mass is 32.1. The first-order valence-corrected chi connectivity index (χ1v) is 11.9. The highest BCUT2D eigenvalue weighted by Crippen LogP contribution is 2.46. The number of ketones is 1. The third kappa shape index (κ3) is 4.31. The van der Waals surface area contributed by atoms with Crippen LogP contribution in [-0.4, -0.2) is 48.6 Å². The van der Waals surface area contributed by atoms with Crippen molar-refractivity contribution in [2.45, 2.75) is 19.9 Å². The number of aryl methyl sites for hydroxylation is 1. The number of carbonyl (C=O) groups is 3. The summed E-state index contributed by atoms with van der Waals surface area (Å²) < 4.78 is 15.8. The number of hydrogen-bond donors (Lipinski definition) is 1. The molecule has 2 aromatic carbocycles.